The molecule has 1 unspecified atom stereocenters. The van der Waals surface area contributed by atoms with Crippen LogP contribution in [-0.4, -0.2) is 28.7 Å². The summed E-state index contributed by atoms with van der Waals surface area (Å²) in [5.41, 5.74) is 7.29. The lowest BCUT2D eigenvalue weighted by molar-refractivity contribution is -0.138. The minimum atomic E-state index is -1.02. The van der Waals surface area contributed by atoms with Crippen LogP contribution in [0.5, 0.6) is 5.75 Å². The van der Waals surface area contributed by atoms with Gasteiger partial charge in [0.2, 0.25) is 0 Å². The van der Waals surface area contributed by atoms with Gasteiger partial charge in [-0.3, -0.25) is 4.79 Å². The van der Waals surface area contributed by atoms with Gasteiger partial charge in [0.15, 0.2) is 0 Å². The van der Waals surface area contributed by atoms with E-state index in [0.717, 1.165) is 16.5 Å². The number of benzene rings is 1. The van der Waals surface area contributed by atoms with Crippen molar-refractivity contribution in [2.75, 3.05) is 6.61 Å². The third kappa shape index (κ3) is 3.44. The Morgan fingerprint density at radius 2 is 2.30 bits per heavy atom. The summed E-state index contributed by atoms with van der Waals surface area (Å²) in [6.07, 6.45) is 7.16. The molecule has 2 aromatic rings. The van der Waals surface area contributed by atoms with Crippen LogP contribution in [0.1, 0.15) is 5.56 Å². The van der Waals surface area contributed by atoms with Crippen molar-refractivity contribution < 1.29 is 14.6 Å². The van der Waals surface area contributed by atoms with Gasteiger partial charge in [-0.2, -0.15) is 0 Å². The molecule has 4 N–H and O–H groups in total. The molecule has 0 aliphatic heterocycles. The third-order valence-corrected chi connectivity index (χ3v) is 2.82. The van der Waals surface area contributed by atoms with E-state index in [1.54, 1.807) is 12.3 Å². The molecule has 0 saturated heterocycles. The maximum absolute atomic E-state index is 10.8. The molecule has 6 heteroatoms. The van der Waals surface area contributed by atoms with Gasteiger partial charge in [0.05, 0.1) is 0 Å². The topological polar surface area (TPSA) is 88.3 Å². The first kappa shape index (κ1) is 15.9. The lowest BCUT2D eigenvalue weighted by Crippen LogP contribution is -2.32. The number of aromatic amines is 1. The smallest absolute Gasteiger partial charge is 0.320 e. The van der Waals surface area contributed by atoms with Crippen molar-refractivity contribution in [2.24, 2.45) is 5.73 Å². The Labute approximate surface area is 122 Å². The first-order valence-electron chi connectivity index (χ1n) is 5.76. The number of fused-ring (bicyclic) bond motifs is 1. The predicted octanol–water partition coefficient (Wildman–Crippen LogP) is 1.56. The van der Waals surface area contributed by atoms with Gasteiger partial charge in [-0.15, -0.1) is 18.8 Å². The van der Waals surface area contributed by atoms with Gasteiger partial charge in [-0.05, 0) is 23.8 Å². The molecule has 106 valence electrons. The van der Waals surface area contributed by atoms with E-state index < -0.39 is 12.0 Å². The lowest BCUT2D eigenvalue weighted by Gasteiger charge is -2.06. The van der Waals surface area contributed by atoms with Crippen molar-refractivity contribution in [1.82, 2.24) is 4.98 Å². The van der Waals surface area contributed by atoms with E-state index in [1.165, 1.54) is 0 Å². The summed E-state index contributed by atoms with van der Waals surface area (Å²) in [7, 11) is 0. The highest BCUT2D eigenvalue weighted by atomic mass is 35.5. The monoisotopic (exact) mass is 294 g/mol. The number of aromatic nitrogens is 1. The van der Waals surface area contributed by atoms with Crippen LogP contribution in [-0.2, 0) is 11.2 Å². The Bertz CT molecular complexity index is 645. The van der Waals surface area contributed by atoms with Gasteiger partial charge in [0.25, 0.3) is 0 Å². The first-order valence-corrected chi connectivity index (χ1v) is 5.76. The van der Waals surface area contributed by atoms with E-state index in [-0.39, 0.29) is 25.4 Å². The number of nitrogens with two attached hydrogens (primary N) is 1. The van der Waals surface area contributed by atoms with E-state index in [2.05, 4.69) is 10.9 Å². The minimum absolute atomic E-state index is 0. The molecule has 5 nitrogen and oxygen atoms in total. The second-order valence-corrected chi connectivity index (χ2v) is 4.16. The summed E-state index contributed by atoms with van der Waals surface area (Å²) < 4.78 is 5.34. The Morgan fingerprint density at radius 1 is 1.55 bits per heavy atom. The summed E-state index contributed by atoms with van der Waals surface area (Å²) in [4.78, 5) is 13.9. The van der Waals surface area contributed by atoms with Crippen molar-refractivity contribution in [2.45, 2.75) is 12.5 Å². The van der Waals surface area contributed by atoms with Crippen LogP contribution in [0.15, 0.2) is 24.4 Å². The van der Waals surface area contributed by atoms with Crippen LogP contribution in [0.25, 0.3) is 10.9 Å². The number of ether oxygens (including phenoxy) is 1. The second kappa shape index (κ2) is 6.85. The van der Waals surface area contributed by atoms with Crippen LogP contribution in [0, 0.1) is 12.3 Å². The molecule has 1 heterocycles. The van der Waals surface area contributed by atoms with E-state index in [0.29, 0.717) is 5.75 Å². The zero-order valence-corrected chi connectivity index (χ0v) is 11.4. The zero-order chi connectivity index (χ0) is 13.8. The highest BCUT2D eigenvalue weighted by molar-refractivity contribution is 5.86. The van der Waals surface area contributed by atoms with Crippen molar-refractivity contribution in [3.8, 4) is 18.1 Å². The molecule has 0 spiro atoms. The number of halogens is 1. The van der Waals surface area contributed by atoms with Crippen LogP contribution in [0.4, 0.5) is 0 Å². The lowest BCUT2D eigenvalue weighted by atomic mass is 10.1. The third-order valence-electron chi connectivity index (χ3n) is 2.82. The van der Waals surface area contributed by atoms with Crippen molar-refractivity contribution >= 4 is 29.3 Å². The average molecular weight is 295 g/mol. The fourth-order valence-electron chi connectivity index (χ4n) is 1.87. The maximum atomic E-state index is 10.8. The molecular weight excluding hydrogens is 280 g/mol. The summed E-state index contributed by atoms with van der Waals surface area (Å²) >= 11 is 0. The molecule has 0 radical (unpaired) electrons. The normalized spacial score (nSPS) is 11.4. The Hall–Kier alpha value is -2.16. The van der Waals surface area contributed by atoms with Crippen molar-refractivity contribution in [1.29, 1.82) is 0 Å². The molecular formula is C14H15ClN2O3. The number of H-pyrrole nitrogens is 1. The number of nitrogens with one attached hydrogen (secondary N) is 1. The summed E-state index contributed by atoms with van der Waals surface area (Å²) in [6, 6.07) is 4.57. The standard InChI is InChI=1S/C14H14N2O3.ClH/c1-2-5-19-10-3-4-13-11(7-10)9(8-16-13)6-12(15)14(17)18;/h1,3-4,7-8,12,16H,5-6,15H2,(H,17,18);1H. The van der Waals surface area contributed by atoms with Crippen LogP contribution >= 0.6 is 12.4 Å². The molecule has 1 aromatic carbocycles. The summed E-state index contributed by atoms with van der Waals surface area (Å²) in [5, 5.41) is 9.74. The molecule has 1 atom stereocenters. The maximum Gasteiger partial charge on any atom is 0.320 e. The summed E-state index contributed by atoms with van der Waals surface area (Å²) in [5.74, 6) is 2.02. The van der Waals surface area contributed by atoms with Crippen molar-refractivity contribution in [3.05, 3.63) is 30.0 Å². The number of hydrogen-bond acceptors (Lipinski definition) is 3. The van der Waals surface area contributed by atoms with Gasteiger partial charge in [-0.1, -0.05) is 5.92 Å². The Kier molecular flexibility index (Phi) is 5.44. The number of carbonyl (C=O) groups is 1. The van der Waals surface area contributed by atoms with Crippen LogP contribution in [0.2, 0.25) is 0 Å². The van der Waals surface area contributed by atoms with Gasteiger partial charge >= 0.3 is 5.97 Å². The predicted molar refractivity (Wildman–Crippen MR) is 79.2 cm³/mol. The van der Waals surface area contributed by atoms with Gasteiger partial charge in [0.1, 0.15) is 18.4 Å². The molecule has 0 fully saturated rings. The molecule has 20 heavy (non-hydrogen) atoms. The Balaban J connectivity index is 0.00000200. The quantitative estimate of drug-likeness (QED) is 0.730. The van der Waals surface area contributed by atoms with E-state index in [9.17, 15) is 4.79 Å². The number of aliphatic carboxylic acids is 1. The number of rotatable bonds is 5. The van der Waals surface area contributed by atoms with Crippen LogP contribution < -0.4 is 10.5 Å². The van der Waals surface area contributed by atoms with Gasteiger partial charge in [-0.25, -0.2) is 0 Å². The summed E-state index contributed by atoms with van der Waals surface area (Å²) in [6.45, 7) is 0.194. The number of terminal acetylenes is 1. The number of carboxylic acid groups (broad SMARTS) is 1. The van der Waals surface area contributed by atoms with Crippen molar-refractivity contribution in [3.63, 3.8) is 0 Å². The second-order valence-electron chi connectivity index (χ2n) is 4.16. The van der Waals surface area contributed by atoms with E-state index >= 15 is 0 Å². The molecule has 0 aliphatic carbocycles. The highest BCUT2D eigenvalue weighted by Crippen LogP contribution is 2.24. The minimum Gasteiger partial charge on any atom is -0.481 e. The molecule has 0 bridgehead atoms. The van der Waals surface area contributed by atoms with Gasteiger partial charge < -0.3 is 20.6 Å². The number of hydrogen-bond donors (Lipinski definition) is 3. The molecule has 2 rings (SSSR count). The molecule has 0 saturated carbocycles. The molecule has 0 aliphatic rings. The Morgan fingerprint density at radius 3 is 2.95 bits per heavy atom. The average Bonchev–Trinajstić information content (AvgIpc) is 2.79. The van der Waals surface area contributed by atoms with E-state index in [4.69, 9.17) is 22.0 Å². The zero-order valence-electron chi connectivity index (χ0n) is 10.6. The largest absolute Gasteiger partial charge is 0.481 e. The first-order chi connectivity index (χ1) is 9.11. The van der Waals surface area contributed by atoms with Gasteiger partial charge in [0, 0.05) is 23.5 Å². The van der Waals surface area contributed by atoms with E-state index in [1.807, 2.05) is 12.1 Å². The van der Waals surface area contributed by atoms with Crippen LogP contribution in [0.3, 0.4) is 0 Å². The number of carboxylic acids is 1. The SMILES string of the molecule is C#CCOc1ccc2[nH]cc(CC(N)C(=O)O)c2c1.Cl. The highest BCUT2D eigenvalue weighted by Gasteiger charge is 2.15. The molecule has 1 aromatic heterocycles. The fraction of sp³-hybridized carbons (Fsp3) is 0.214. The molecule has 0 amide bonds. The fourth-order valence-corrected chi connectivity index (χ4v) is 1.87.